The van der Waals surface area contributed by atoms with Crippen LogP contribution in [0.3, 0.4) is 0 Å². The molecule has 1 unspecified atom stereocenters. The molecule has 3 aromatic heterocycles. The highest BCUT2D eigenvalue weighted by Crippen LogP contribution is 2.34. The number of hydrogen-bond donors (Lipinski definition) is 2. The van der Waals surface area contributed by atoms with Gasteiger partial charge in [-0.1, -0.05) is 0 Å². The number of thiophene rings is 1. The summed E-state index contributed by atoms with van der Waals surface area (Å²) in [7, 11) is 0. The number of hydrogen-bond acceptors (Lipinski definition) is 7. The Hall–Kier alpha value is -3.04. The Bertz CT molecular complexity index is 1190. The smallest absolute Gasteiger partial charge is 0.228 e. The van der Waals surface area contributed by atoms with Crippen LogP contribution in [-0.2, 0) is 0 Å². The average molecular weight is 425 g/mol. The first-order chi connectivity index (χ1) is 14.6. The highest BCUT2D eigenvalue weighted by molar-refractivity contribution is 7.19. The third-order valence-corrected chi connectivity index (χ3v) is 6.33. The van der Waals surface area contributed by atoms with Crippen molar-refractivity contribution in [3.63, 3.8) is 0 Å². The van der Waals surface area contributed by atoms with Crippen LogP contribution in [0.5, 0.6) is 0 Å². The normalized spacial score (nSPS) is 16.5. The standard InChI is InChI=1S/C21H21FN6OS/c1-13-9-17-19(30-13)20(26-21(24-17)28-8-2-3-16(28)11-29)25-18-10-27(12-23-18)15-6-4-14(22)5-7-15/h4-7,9-10,12,16,29H,2-3,8,11H2,1H3,(H,24,25,26). The number of nitrogens with one attached hydrogen (secondary N) is 1. The molecule has 0 amide bonds. The molecule has 1 aliphatic rings. The second kappa shape index (κ2) is 7.66. The van der Waals surface area contributed by atoms with E-state index < -0.39 is 0 Å². The Morgan fingerprint density at radius 1 is 1.27 bits per heavy atom. The minimum Gasteiger partial charge on any atom is -0.394 e. The minimum absolute atomic E-state index is 0.0488. The molecule has 154 valence electrons. The molecule has 7 nitrogen and oxygen atoms in total. The van der Waals surface area contributed by atoms with Gasteiger partial charge in [0.2, 0.25) is 5.95 Å². The van der Waals surface area contributed by atoms with E-state index in [1.165, 1.54) is 12.1 Å². The molecule has 1 saturated heterocycles. The van der Waals surface area contributed by atoms with Crippen molar-refractivity contribution in [2.75, 3.05) is 23.4 Å². The first-order valence-electron chi connectivity index (χ1n) is 9.83. The Kier molecular flexibility index (Phi) is 4.84. The Labute approximate surface area is 176 Å². The number of aryl methyl sites for hydroxylation is 1. The molecule has 30 heavy (non-hydrogen) atoms. The number of imidazole rings is 1. The van der Waals surface area contributed by atoms with E-state index in [0.717, 1.165) is 40.2 Å². The molecule has 9 heteroatoms. The fraction of sp³-hybridized carbons (Fsp3) is 0.286. The third kappa shape index (κ3) is 3.50. The molecule has 0 radical (unpaired) electrons. The number of aliphatic hydroxyl groups is 1. The lowest BCUT2D eigenvalue weighted by Crippen LogP contribution is -2.33. The lowest BCUT2D eigenvalue weighted by Gasteiger charge is -2.23. The topological polar surface area (TPSA) is 79.1 Å². The van der Waals surface area contributed by atoms with Crippen molar-refractivity contribution in [1.82, 2.24) is 19.5 Å². The molecular weight excluding hydrogens is 403 g/mol. The van der Waals surface area contributed by atoms with Crippen LogP contribution in [0.15, 0.2) is 42.9 Å². The van der Waals surface area contributed by atoms with Crippen LogP contribution in [0.4, 0.5) is 22.0 Å². The van der Waals surface area contributed by atoms with Gasteiger partial charge in [-0.15, -0.1) is 11.3 Å². The number of aromatic nitrogens is 4. The summed E-state index contributed by atoms with van der Waals surface area (Å²) in [5, 5.41) is 13.0. The minimum atomic E-state index is -0.274. The summed E-state index contributed by atoms with van der Waals surface area (Å²) >= 11 is 1.63. The first-order valence-corrected chi connectivity index (χ1v) is 10.6. The van der Waals surface area contributed by atoms with Gasteiger partial charge in [-0.2, -0.15) is 4.98 Å². The van der Waals surface area contributed by atoms with Gasteiger partial charge in [-0.25, -0.2) is 14.4 Å². The molecule has 2 N–H and O–H groups in total. The maximum atomic E-state index is 13.2. The SMILES string of the molecule is Cc1cc2nc(N3CCCC3CO)nc(Nc3cn(-c4ccc(F)cc4)cn3)c2s1. The van der Waals surface area contributed by atoms with E-state index in [4.69, 9.17) is 9.97 Å². The maximum absolute atomic E-state index is 13.2. The predicted octanol–water partition coefficient (Wildman–Crippen LogP) is 4.03. The summed E-state index contributed by atoms with van der Waals surface area (Å²) < 4.78 is 16.0. The second-order valence-electron chi connectivity index (χ2n) is 7.38. The van der Waals surface area contributed by atoms with Gasteiger partial charge in [-0.3, -0.25) is 0 Å². The molecule has 1 fully saturated rings. The molecule has 1 aliphatic heterocycles. The molecular formula is C21H21FN6OS. The Morgan fingerprint density at radius 2 is 2.10 bits per heavy atom. The van der Waals surface area contributed by atoms with E-state index in [2.05, 4.69) is 21.3 Å². The van der Waals surface area contributed by atoms with Gasteiger partial charge in [0, 0.05) is 17.1 Å². The van der Waals surface area contributed by atoms with Crippen molar-refractivity contribution in [3.05, 3.63) is 53.6 Å². The molecule has 0 bridgehead atoms. The predicted molar refractivity (Wildman–Crippen MR) is 116 cm³/mol. The monoisotopic (exact) mass is 424 g/mol. The van der Waals surface area contributed by atoms with Gasteiger partial charge in [0.25, 0.3) is 0 Å². The van der Waals surface area contributed by atoms with Crippen LogP contribution in [0.2, 0.25) is 0 Å². The van der Waals surface area contributed by atoms with Gasteiger partial charge in [0.1, 0.15) is 18.0 Å². The van der Waals surface area contributed by atoms with E-state index in [-0.39, 0.29) is 18.5 Å². The molecule has 0 spiro atoms. The molecule has 1 aromatic carbocycles. The zero-order chi connectivity index (χ0) is 20.7. The molecule has 0 aliphatic carbocycles. The van der Waals surface area contributed by atoms with Crippen molar-refractivity contribution in [1.29, 1.82) is 0 Å². The summed E-state index contributed by atoms with van der Waals surface area (Å²) in [5.41, 5.74) is 1.70. The van der Waals surface area contributed by atoms with Crippen LogP contribution in [0, 0.1) is 12.7 Å². The van der Waals surface area contributed by atoms with Gasteiger partial charge in [0.05, 0.1) is 29.1 Å². The van der Waals surface area contributed by atoms with Crippen molar-refractivity contribution in [2.45, 2.75) is 25.8 Å². The van der Waals surface area contributed by atoms with E-state index in [1.54, 1.807) is 29.8 Å². The lowest BCUT2D eigenvalue weighted by atomic mass is 10.2. The van der Waals surface area contributed by atoms with Crippen molar-refractivity contribution >= 4 is 39.1 Å². The highest BCUT2D eigenvalue weighted by Gasteiger charge is 2.27. The number of nitrogens with zero attached hydrogens (tertiary/aromatic N) is 5. The quantitative estimate of drug-likeness (QED) is 0.504. The van der Waals surface area contributed by atoms with E-state index in [1.807, 2.05) is 17.7 Å². The zero-order valence-corrected chi connectivity index (χ0v) is 17.2. The van der Waals surface area contributed by atoms with Gasteiger partial charge < -0.3 is 19.9 Å². The highest BCUT2D eigenvalue weighted by atomic mass is 32.1. The summed E-state index contributed by atoms with van der Waals surface area (Å²) in [5.74, 6) is 1.68. The van der Waals surface area contributed by atoms with Gasteiger partial charge >= 0.3 is 0 Å². The number of anilines is 3. The Balaban J connectivity index is 1.50. The first kappa shape index (κ1) is 19.0. The zero-order valence-electron chi connectivity index (χ0n) is 16.4. The fourth-order valence-corrected chi connectivity index (χ4v) is 4.70. The second-order valence-corrected chi connectivity index (χ2v) is 8.64. The average Bonchev–Trinajstić information content (AvgIpc) is 3.47. The number of halogens is 1. The number of rotatable bonds is 5. The van der Waals surface area contributed by atoms with E-state index in [0.29, 0.717) is 17.6 Å². The number of aliphatic hydroxyl groups excluding tert-OH is 1. The van der Waals surface area contributed by atoms with Crippen LogP contribution in [-0.4, -0.2) is 43.8 Å². The largest absolute Gasteiger partial charge is 0.394 e. The van der Waals surface area contributed by atoms with Crippen molar-refractivity contribution < 1.29 is 9.50 Å². The molecule has 4 heterocycles. The van der Waals surface area contributed by atoms with Crippen LogP contribution < -0.4 is 10.2 Å². The van der Waals surface area contributed by atoms with Gasteiger partial charge in [0.15, 0.2) is 5.82 Å². The number of benzene rings is 1. The van der Waals surface area contributed by atoms with Crippen LogP contribution in [0.25, 0.3) is 15.9 Å². The summed E-state index contributed by atoms with van der Waals surface area (Å²) in [6.45, 7) is 2.97. The summed E-state index contributed by atoms with van der Waals surface area (Å²) in [6.07, 6.45) is 5.47. The van der Waals surface area contributed by atoms with Gasteiger partial charge in [-0.05, 0) is 50.1 Å². The Morgan fingerprint density at radius 3 is 2.90 bits per heavy atom. The molecule has 1 atom stereocenters. The van der Waals surface area contributed by atoms with E-state index >= 15 is 0 Å². The fourth-order valence-electron chi connectivity index (χ4n) is 3.80. The molecule has 5 rings (SSSR count). The number of fused-ring (bicyclic) bond motifs is 1. The molecule has 4 aromatic rings. The van der Waals surface area contributed by atoms with Crippen LogP contribution >= 0.6 is 11.3 Å². The third-order valence-electron chi connectivity index (χ3n) is 5.28. The van der Waals surface area contributed by atoms with Crippen molar-refractivity contribution in [2.24, 2.45) is 0 Å². The maximum Gasteiger partial charge on any atom is 0.228 e. The van der Waals surface area contributed by atoms with Crippen LogP contribution in [0.1, 0.15) is 17.7 Å². The summed E-state index contributed by atoms with van der Waals surface area (Å²) in [4.78, 5) is 17.2. The van der Waals surface area contributed by atoms with E-state index in [9.17, 15) is 9.50 Å². The molecule has 0 saturated carbocycles. The van der Waals surface area contributed by atoms with Crippen molar-refractivity contribution in [3.8, 4) is 5.69 Å². The summed E-state index contributed by atoms with van der Waals surface area (Å²) in [6, 6.07) is 8.35. The lowest BCUT2D eigenvalue weighted by molar-refractivity contribution is 0.265.